The number of aryl methyl sites for hydroxylation is 1. The fourth-order valence-electron chi connectivity index (χ4n) is 2.93. The van der Waals surface area contributed by atoms with Gasteiger partial charge < -0.3 is 10.2 Å². The number of carbonyl (C=O) groups is 1. The van der Waals surface area contributed by atoms with Crippen molar-refractivity contribution in [3.63, 3.8) is 0 Å². The van der Waals surface area contributed by atoms with Gasteiger partial charge in [0.15, 0.2) is 11.0 Å². The molecule has 0 bridgehead atoms. The number of allylic oxidation sites excluding steroid dienone is 1. The number of nitrogens with zero attached hydrogens (tertiary/aromatic N) is 4. The van der Waals surface area contributed by atoms with E-state index in [1.807, 2.05) is 41.1 Å². The number of aromatic nitrogens is 4. The largest absolute Gasteiger partial charge is 0.469 e. The molecule has 1 aromatic carbocycles. The van der Waals surface area contributed by atoms with E-state index in [0.717, 1.165) is 38.6 Å². The van der Waals surface area contributed by atoms with Gasteiger partial charge in [0.05, 0.1) is 17.5 Å². The fourth-order valence-corrected chi connectivity index (χ4v) is 4.70. The first kappa shape index (κ1) is 20.1. The van der Waals surface area contributed by atoms with E-state index >= 15 is 0 Å². The molecule has 0 aliphatic carbocycles. The van der Waals surface area contributed by atoms with E-state index in [2.05, 4.69) is 16.8 Å². The number of furan rings is 1. The summed E-state index contributed by atoms with van der Waals surface area (Å²) in [5.41, 5.74) is 8.61. The van der Waals surface area contributed by atoms with Crippen LogP contribution >= 0.6 is 23.1 Å². The summed E-state index contributed by atoms with van der Waals surface area (Å²) < 4.78 is 7.43. The lowest BCUT2D eigenvalue weighted by Crippen LogP contribution is -2.10. The van der Waals surface area contributed by atoms with Crippen molar-refractivity contribution in [2.75, 3.05) is 0 Å². The van der Waals surface area contributed by atoms with Gasteiger partial charge in [0.1, 0.15) is 10.8 Å². The van der Waals surface area contributed by atoms with Crippen molar-refractivity contribution in [3.8, 4) is 22.0 Å². The summed E-state index contributed by atoms with van der Waals surface area (Å²) in [4.78, 5) is 15.9. The van der Waals surface area contributed by atoms with Crippen molar-refractivity contribution < 1.29 is 9.21 Å². The van der Waals surface area contributed by atoms with Crippen LogP contribution in [-0.2, 0) is 12.3 Å². The zero-order valence-electron chi connectivity index (χ0n) is 16.2. The molecular formula is C21H19N5O2S2. The molecule has 30 heavy (non-hydrogen) atoms. The number of thiazole rings is 1. The number of primary amides is 1. The predicted octanol–water partition coefficient (Wildman–Crippen LogP) is 4.55. The Morgan fingerprint density at radius 1 is 1.30 bits per heavy atom. The Morgan fingerprint density at radius 2 is 2.10 bits per heavy atom. The molecule has 4 aromatic rings. The number of carbonyl (C=O) groups excluding carboxylic acids is 1. The summed E-state index contributed by atoms with van der Waals surface area (Å²) in [6.07, 6.45) is 3.47. The molecule has 0 unspecified atom stereocenters. The van der Waals surface area contributed by atoms with Gasteiger partial charge in [0, 0.05) is 28.8 Å². The number of hydrogen-bond acceptors (Lipinski definition) is 7. The molecule has 9 heteroatoms. The molecule has 0 saturated heterocycles. The topological polar surface area (TPSA) is 99.8 Å². The molecule has 152 valence electrons. The Kier molecular flexibility index (Phi) is 5.82. The molecular weight excluding hydrogens is 418 g/mol. The van der Waals surface area contributed by atoms with E-state index in [1.54, 1.807) is 41.5 Å². The average molecular weight is 438 g/mol. The highest BCUT2D eigenvalue weighted by atomic mass is 32.2. The number of amides is 1. The van der Waals surface area contributed by atoms with Crippen LogP contribution in [0.4, 0.5) is 0 Å². The summed E-state index contributed by atoms with van der Waals surface area (Å²) >= 11 is 3.13. The molecule has 0 radical (unpaired) electrons. The van der Waals surface area contributed by atoms with Gasteiger partial charge in [0.2, 0.25) is 5.91 Å². The summed E-state index contributed by atoms with van der Waals surface area (Å²) in [7, 11) is 0. The predicted molar refractivity (Wildman–Crippen MR) is 118 cm³/mol. The third-order valence-corrected chi connectivity index (χ3v) is 6.39. The second-order valence-electron chi connectivity index (χ2n) is 6.47. The van der Waals surface area contributed by atoms with E-state index in [4.69, 9.17) is 15.1 Å². The van der Waals surface area contributed by atoms with Crippen molar-refractivity contribution in [1.82, 2.24) is 19.7 Å². The van der Waals surface area contributed by atoms with E-state index in [0.29, 0.717) is 17.9 Å². The van der Waals surface area contributed by atoms with Gasteiger partial charge in [-0.25, -0.2) is 4.98 Å². The molecule has 0 spiro atoms. The van der Waals surface area contributed by atoms with Crippen LogP contribution < -0.4 is 5.73 Å². The second kappa shape index (κ2) is 8.68. The zero-order chi connectivity index (χ0) is 21.1. The Bertz CT molecular complexity index is 1190. The molecule has 0 atom stereocenters. The first-order valence-electron chi connectivity index (χ1n) is 9.13. The Labute approximate surface area is 181 Å². The van der Waals surface area contributed by atoms with Gasteiger partial charge in [-0.1, -0.05) is 30.0 Å². The van der Waals surface area contributed by atoms with Crippen LogP contribution in [0.2, 0.25) is 0 Å². The molecule has 0 fully saturated rings. The van der Waals surface area contributed by atoms with Crippen LogP contribution in [-0.4, -0.2) is 25.7 Å². The SMILES string of the molecule is C=CCn1c(SCc2csc(-c3ccc(C(N)=O)cc3)n2)nnc1-c1ccoc1C. The van der Waals surface area contributed by atoms with Gasteiger partial charge in [0.25, 0.3) is 0 Å². The quantitative estimate of drug-likeness (QED) is 0.321. The summed E-state index contributed by atoms with van der Waals surface area (Å²) in [6.45, 7) is 6.35. The molecule has 3 heterocycles. The zero-order valence-corrected chi connectivity index (χ0v) is 17.9. The van der Waals surface area contributed by atoms with Crippen LogP contribution in [0.3, 0.4) is 0 Å². The van der Waals surface area contributed by atoms with Crippen LogP contribution in [0, 0.1) is 6.92 Å². The molecule has 0 saturated carbocycles. The number of rotatable bonds is 8. The molecule has 4 rings (SSSR count). The van der Waals surface area contributed by atoms with Crippen LogP contribution in [0.25, 0.3) is 22.0 Å². The highest BCUT2D eigenvalue weighted by Gasteiger charge is 2.17. The normalized spacial score (nSPS) is 11.0. The molecule has 0 aliphatic rings. The molecule has 3 aromatic heterocycles. The minimum Gasteiger partial charge on any atom is -0.469 e. The lowest BCUT2D eigenvalue weighted by atomic mass is 10.1. The van der Waals surface area contributed by atoms with Gasteiger partial charge in [-0.05, 0) is 25.1 Å². The fraction of sp³-hybridized carbons (Fsp3) is 0.143. The van der Waals surface area contributed by atoms with E-state index in [-0.39, 0.29) is 0 Å². The van der Waals surface area contributed by atoms with Crippen molar-refractivity contribution in [1.29, 1.82) is 0 Å². The van der Waals surface area contributed by atoms with E-state index in [1.165, 1.54) is 0 Å². The summed E-state index contributed by atoms with van der Waals surface area (Å²) in [5.74, 6) is 1.79. The standard InChI is InChI=1S/C21H19N5O2S2/c1-3-9-26-19(17-8-10-28-13(17)2)24-25-21(26)30-12-16-11-29-20(23-16)15-6-4-14(5-7-15)18(22)27/h3-8,10-11H,1,9,12H2,2H3,(H2,22,27). The highest BCUT2D eigenvalue weighted by molar-refractivity contribution is 7.98. The molecule has 2 N–H and O–H groups in total. The van der Waals surface area contributed by atoms with E-state index < -0.39 is 5.91 Å². The molecule has 1 amide bonds. The maximum Gasteiger partial charge on any atom is 0.248 e. The smallest absolute Gasteiger partial charge is 0.248 e. The van der Waals surface area contributed by atoms with Crippen LogP contribution in [0.15, 0.2) is 64.2 Å². The number of nitrogens with two attached hydrogens (primary N) is 1. The van der Waals surface area contributed by atoms with Crippen molar-refractivity contribution in [2.24, 2.45) is 5.73 Å². The first-order chi connectivity index (χ1) is 14.6. The van der Waals surface area contributed by atoms with Crippen molar-refractivity contribution in [3.05, 3.63) is 71.6 Å². The minimum atomic E-state index is -0.439. The third-order valence-electron chi connectivity index (χ3n) is 4.45. The lowest BCUT2D eigenvalue weighted by Gasteiger charge is -2.06. The number of thioether (sulfide) groups is 1. The number of benzene rings is 1. The monoisotopic (exact) mass is 437 g/mol. The van der Waals surface area contributed by atoms with Gasteiger partial charge in [-0.15, -0.1) is 28.1 Å². The number of hydrogen-bond donors (Lipinski definition) is 1. The molecule has 0 aliphatic heterocycles. The average Bonchev–Trinajstić information content (AvgIpc) is 3.47. The van der Waals surface area contributed by atoms with Gasteiger partial charge in [-0.2, -0.15) is 0 Å². The van der Waals surface area contributed by atoms with Gasteiger partial charge in [-0.3, -0.25) is 9.36 Å². The van der Waals surface area contributed by atoms with Crippen LogP contribution in [0.1, 0.15) is 21.8 Å². The van der Waals surface area contributed by atoms with Crippen molar-refractivity contribution in [2.45, 2.75) is 24.4 Å². The van der Waals surface area contributed by atoms with E-state index in [9.17, 15) is 4.79 Å². The van der Waals surface area contributed by atoms with Crippen LogP contribution in [0.5, 0.6) is 0 Å². The lowest BCUT2D eigenvalue weighted by molar-refractivity contribution is 0.100. The third kappa shape index (κ3) is 4.07. The second-order valence-corrected chi connectivity index (χ2v) is 8.27. The Hall–Kier alpha value is -3.17. The Morgan fingerprint density at radius 3 is 2.77 bits per heavy atom. The maximum absolute atomic E-state index is 11.2. The summed E-state index contributed by atoms with van der Waals surface area (Å²) in [6, 6.07) is 9.03. The molecule has 7 nitrogen and oxygen atoms in total. The first-order valence-corrected chi connectivity index (χ1v) is 11.0. The summed E-state index contributed by atoms with van der Waals surface area (Å²) in [5, 5.41) is 12.4. The Balaban J connectivity index is 1.50. The minimum absolute atomic E-state index is 0.439. The maximum atomic E-state index is 11.2. The van der Waals surface area contributed by atoms with Crippen molar-refractivity contribution >= 4 is 29.0 Å². The highest BCUT2D eigenvalue weighted by Crippen LogP contribution is 2.30. The van der Waals surface area contributed by atoms with Gasteiger partial charge >= 0.3 is 0 Å².